The number of hydrogen-bond donors (Lipinski definition) is 1. The molecule has 0 spiro atoms. The summed E-state index contributed by atoms with van der Waals surface area (Å²) in [7, 11) is 1.95. The second-order valence-electron chi connectivity index (χ2n) is 8.82. The minimum absolute atomic E-state index is 0.0225. The number of para-hydroxylation sites is 2. The molecule has 2 aliphatic rings. The standard InChI is InChI=1S/C25H29FN4O2/c1-27-16-19(18-6-2-4-8-21(18)27)25(32)30-11-10-23(24(31)17-30)29-14-12-28(13-15-29)22-9-5-3-7-20(22)26/h2-9,16,23-24,31H,10-15,17H2,1H3/t23-,24-/m1/s1. The molecule has 2 aliphatic heterocycles. The van der Waals surface area contributed by atoms with E-state index in [1.165, 1.54) is 6.07 Å². The minimum Gasteiger partial charge on any atom is -0.390 e. The average Bonchev–Trinajstić information content (AvgIpc) is 3.16. The molecule has 0 saturated carbocycles. The highest BCUT2D eigenvalue weighted by atomic mass is 19.1. The normalized spacial score (nSPS) is 22.5. The van der Waals surface area contributed by atoms with Gasteiger partial charge in [-0.05, 0) is 24.6 Å². The van der Waals surface area contributed by atoms with E-state index in [0.717, 1.165) is 43.5 Å². The van der Waals surface area contributed by atoms with Crippen molar-refractivity contribution in [3.63, 3.8) is 0 Å². The molecule has 0 unspecified atom stereocenters. The summed E-state index contributed by atoms with van der Waals surface area (Å²) < 4.78 is 16.1. The summed E-state index contributed by atoms with van der Waals surface area (Å²) in [5, 5.41) is 11.9. The number of nitrogens with zero attached hydrogens (tertiary/aromatic N) is 4. The molecule has 32 heavy (non-hydrogen) atoms. The van der Waals surface area contributed by atoms with Gasteiger partial charge in [0.1, 0.15) is 5.82 Å². The van der Waals surface area contributed by atoms with Crippen molar-refractivity contribution >= 4 is 22.5 Å². The Labute approximate surface area is 187 Å². The number of piperazine rings is 1. The van der Waals surface area contributed by atoms with Crippen molar-refractivity contribution in [2.24, 2.45) is 7.05 Å². The highest BCUT2D eigenvalue weighted by Gasteiger charge is 2.36. The van der Waals surface area contributed by atoms with Gasteiger partial charge in [0.05, 0.1) is 17.4 Å². The molecule has 6 nitrogen and oxygen atoms in total. The molecule has 168 valence electrons. The number of amides is 1. The number of aromatic nitrogens is 1. The molecule has 0 aliphatic carbocycles. The first kappa shape index (κ1) is 21.0. The van der Waals surface area contributed by atoms with E-state index in [4.69, 9.17) is 0 Å². The van der Waals surface area contributed by atoms with Crippen LogP contribution in [0.15, 0.2) is 54.7 Å². The molecule has 2 fully saturated rings. The number of fused-ring (bicyclic) bond motifs is 1. The number of halogens is 1. The number of aliphatic hydroxyl groups is 1. The summed E-state index contributed by atoms with van der Waals surface area (Å²) in [6, 6.07) is 14.8. The number of rotatable bonds is 3. The van der Waals surface area contributed by atoms with Crippen LogP contribution in [0.4, 0.5) is 10.1 Å². The lowest BCUT2D eigenvalue weighted by molar-refractivity contribution is -0.0106. The number of carbonyl (C=O) groups is 1. The van der Waals surface area contributed by atoms with Gasteiger partial charge in [-0.1, -0.05) is 30.3 Å². The van der Waals surface area contributed by atoms with Gasteiger partial charge in [0.15, 0.2) is 0 Å². The van der Waals surface area contributed by atoms with Gasteiger partial charge >= 0.3 is 0 Å². The van der Waals surface area contributed by atoms with Crippen LogP contribution in [0.25, 0.3) is 10.9 Å². The fraction of sp³-hybridized carbons (Fsp3) is 0.400. The second kappa shape index (κ2) is 8.56. The zero-order valence-corrected chi connectivity index (χ0v) is 18.3. The van der Waals surface area contributed by atoms with E-state index in [9.17, 15) is 14.3 Å². The molecule has 5 rings (SSSR count). The van der Waals surface area contributed by atoms with Gasteiger partial charge in [0, 0.05) is 69.5 Å². The monoisotopic (exact) mass is 436 g/mol. The predicted octanol–water partition coefficient (Wildman–Crippen LogP) is 2.72. The Hall–Kier alpha value is -2.90. The maximum atomic E-state index is 14.1. The number of likely N-dealkylation sites (tertiary alicyclic amines) is 1. The number of carbonyl (C=O) groups excluding carboxylic acids is 1. The largest absolute Gasteiger partial charge is 0.390 e. The maximum absolute atomic E-state index is 14.1. The molecule has 0 bridgehead atoms. The number of hydrogen-bond acceptors (Lipinski definition) is 4. The summed E-state index contributed by atoms with van der Waals surface area (Å²) in [4.78, 5) is 19.4. The molecule has 0 radical (unpaired) electrons. The summed E-state index contributed by atoms with van der Waals surface area (Å²) >= 11 is 0. The summed E-state index contributed by atoms with van der Waals surface area (Å²) in [5.41, 5.74) is 2.36. The molecule has 1 aromatic heterocycles. The highest BCUT2D eigenvalue weighted by molar-refractivity contribution is 6.07. The van der Waals surface area contributed by atoms with Crippen molar-refractivity contribution in [1.82, 2.24) is 14.4 Å². The van der Waals surface area contributed by atoms with Crippen LogP contribution in [0.5, 0.6) is 0 Å². The van der Waals surface area contributed by atoms with Gasteiger partial charge in [0.25, 0.3) is 5.91 Å². The SMILES string of the molecule is Cn1cc(C(=O)N2CC[C@@H](N3CCN(c4ccccc4F)CC3)[C@H](O)C2)c2ccccc21. The third kappa shape index (κ3) is 3.76. The van der Waals surface area contributed by atoms with E-state index in [2.05, 4.69) is 9.80 Å². The Balaban J connectivity index is 1.22. The number of benzene rings is 2. The fourth-order valence-electron chi connectivity index (χ4n) is 5.21. The molecule has 3 heterocycles. The zero-order chi connectivity index (χ0) is 22.2. The van der Waals surface area contributed by atoms with Crippen LogP contribution in [0, 0.1) is 5.82 Å². The number of piperidine rings is 1. The van der Waals surface area contributed by atoms with E-state index >= 15 is 0 Å². The lowest BCUT2D eigenvalue weighted by Crippen LogP contribution is -2.59. The molecule has 2 saturated heterocycles. The quantitative estimate of drug-likeness (QED) is 0.686. The Morgan fingerprint density at radius 2 is 1.72 bits per heavy atom. The topological polar surface area (TPSA) is 52.0 Å². The minimum atomic E-state index is -0.595. The van der Waals surface area contributed by atoms with Gasteiger partial charge in [-0.2, -0.15) is 0 Å². The van der Waals surface area contributed by atoms with Crippen molar-refractivity contribution in [2.75, 3.05) is 44.2 Å². The van der Waals surface area contributed by atoms with Gasteiger partial charge in [-0.3, -0.25) is 9.69 Å². The number of β-amino-alcohol motifs (C(OH)–C–C–N with tert-alkyl or cyclic N) is 1. The Morgan fingerprint density at radius 1 is 1.00 bits per heavy atom. The molecular weight excluding hydrogens is 407 g/mol. The lowest BCUT2D eigenvalue weighted by atomic mass is 9.98. The van der Waals surface area contributed by atoms with Crippen molar-refractivity contribution in [3.8, 4) is 0 Å². The predicted molar refractivity (Wildman–Crippen MR) is 123 cm³/mol. The molecule has 1 N–H and O–H groups in total. The molecular formula is C25H29FN4O2. The third-order valence-electron chi connectivity index (χ3n) is 6.94. The molecule has 7 heteroatoms. The van der Waals surface area contributed by atoms with E-state index in [1.807, 2.05) is 54.2 Å². The molecule has 2 aromatic carbocycles. The first-order chi connectivity index (χ1) is 15.5. The Morgan fingerprint density at radius 3 is 2.47 bits per heavy atom. The van der Waals surface area contributed by atoms with Crippen LogP contribution in [0.3, 0.4) is 0 Å². The van der Waals surface area contributed by atoms with Crippen LogP contribution in [-0.4, -0.2) is 76.8 Å². The van der Waals surface area contributed by atoms with Gasteiger partial charge < -0.3 is 19.5 Å². The van der Waals surface area contributed by atoms with Gasteiger partial charge in [0.2, 0.25) is 0 Å². The number of anilines is 1. The van der Waals surface area contributed by atoms with E-state index in [-0.39, 0.29) is 17.8 Å². The first-order valence-electron chi connectivity index (χ1n) is 11.3. The van der Waals surface area contributed by atoms with Crippen LogP contribution >= 0.6 is 0 Å². The van der Waals surface area contributed by atoms with Crippen molar-refractivity contribution in [3.05, 3.63) is 66.1 Å². The van der Waals surface area contributed by atoms with E-state index < -0.39 is 6.10 Å². The lowest BCUT2D eigenvalue weighted by Gasteiger charge is -2.45. The first-order valence-corrected chi connectivity index (χ1v) is 11.3. The maximum Gasteiger partial charge on any atom is 0.256 e. The van der Waals surface area contributed by atoms with Gasteiger partial charge in [-0.25, -0.2) is 4.39 Å². The van der Waals surface area contributed by atoms with E-state index in [0.29, 0.717) is 24.3 Å². The van der Waals surface area contributed by atoms with Crippen LogP contribution in [-0.2, 0) is 7.05 Å². The average molecular weight is 437 g/mol. The van der Waals surface area contributed by atoms with Crippen LogP contribution in [0.1, 0.15) is 16.8 Å². The zero-order valence-electron chi connectivity index (χ0n) is 18.3. The van der Waals surface area contributed by atoms with Crippen molar-refractivity contribution in [1.29, 1.82) is 0 Å². The van der Waals surface area contributed by atoms with Gasteiger partial charge in [-0.15, -0.1) is 0 Å². The van der Waals surface area contributed by atoms with Crippen molar-refractivity contribution < 1.29 is 14.3 Å². The van der Waals surface area contributed by atoms with E-state index in [1.54, 1.807) is 11.0 Å². The van der Waals surface area contributed by atoms with Crippen LogP contribution < -0.4 is 4.90 Å². The van der Waals surface area contributed by atoms with Crippen LogP contribution in [0.2, 0.25) is 0 Å². The summed E-state index contributed by atoms with van der Waals surface area (Å²) in [6.45, 7) is 3.95. The Kier molecular flexibility index (Phi) is 5.61. The number of aliphatic hydroxyl groups excluding tert-OH is 1. The summed E-state index contributed by atoms with van der Waals surface area (Å²) in [5.74, 6) is -0.218. The smallest absolute Gasteiger partial charge is 0.256 e. The molecule has 1 amide bonds. The molecule has 3 aromatic rings. The Bertz CT molecular complexity index is 1120. The number of aryl methyl sites for hydroxylation is 1. The summed E-state index contributed by atoms with van der Waals surface area (Å²) in [6.07, 6.45) is 2.02. The highest BCUT2D eigenvalue weighted by Crippen LogP contribution is 2.26. The van der Waals surface area contributed by atoms with Crippen molar-refractivity contribution in [2.45, 2.75) is 18.6 Å². The third-order valence-corrected chi connectivity index (χ3v) is 6.94. The second-order valence-corrected chi connectivity index (χ2v) is 8.82. The fourth-order valence-corrected chi connectivity index (χ4v) is 5.21. The molecule has 2 atom stereocenters.